The van der Waals surface area contributed by atoms with Crippen LogP contribution in [0.2, 0.25) is 0 Å². The molecule has 1 aromatic heterocycles. The highest BCUT2D eigenvalue weighted by atomic mass is 16.5. The Morgan fingerprint density at radius 1 is 1.00 bits per heavy atom. The molecule has 4 rings (SSSR count). The number of hydrogen-bond donors (Lipinski definition) is 1. The number of piperazine rings is 1. The van der Waals surface area contributed by atoms with Crippen LogP contribution in [0.25, 0.3) is 10.9 Å². The van der Waals surface area contributed by atoms with Crippen LogP contribution < -0.4 is 9.47 Å². The van der Waals surface area contributed by atoms with Crippen LogP contribution in [0.3, 0.4) is 0 Å². The van der Waals surface area contributed by atoms with Crippen molar-refractivity contribution in [3.8, 4) is 11.5 Å². The molecule has 0 spiro atoms. The predicted octanol–water partition coefficient (Wildman–Crippen LogP) is 3.77. The molecule has 31 heavy (non-hydrogen) atoms. The highest BCUT2D eigenvalue weighted by Crippen LogP contribution is 2.31. The van der Waals surface area contributed by atoms with Gasteiger partial charge in [0, 0.05) is 56.2 Å². The van der Waals surface area contributed by atoms with Crippen molar-refractivity contribution < 1.29 is 14.3 Å². The third kappa shape index (κ3) is 4.69. The summed E-state index contributed by atoms with van der Waals surface area (Å²) in [5.74, 6) is 1.76. The van der Waals surface area contributed by atoms with Crippen molar-refractivity contribution in [2.45, 2.75) is 26.3 Å². The van der Waals surface area contributed by atoms with Crippen LogP contribution in [-0.2, 0) is 17.8 Å². The molecule has 2 heterocycles. The van der Waals surface area contributed by atoms with Crippen molar-refractivity contribution in [2.75, 3.05) is 40.4 Å². The molecule has 1 fully saturated rings. The summed E-state index contributed by atoms with van der Waals surface area (Å²) < 4.78 is 10.8. The Labute approximate surface area is 183 Å². The van der Waals surface area contributed by atoms with Gasteiger partial charge in [0.15, 0.2) is 11.5 Å². The molecule has 1 N–H and O–H groups in total. The van der Waals surface area contributed by atoms with Crippen molar-refractivity contribution in [1.29, 1.82) is 0 Å². The van der Waals surface area contributed by atoms with E-state index in [0.29, 0.717) is 6.42 Å². The summed E-state index contributed by atoms with van der Waals surface area (Å²) in [5, 5.41) is 1.21. The quantitative estimate of drug-likeness (QED) is 0.631. The summed E-state index contributed by atoms with van der Waals surface area (Å²) in [6, 6.07) is 12.3. The van der Waals surface area contributed by atoms with Gasteiger partial charge in [0.25, 0.3) is 0 Å². The normalized spacial score (nSPS) is 14.7. The number of aromatic nitrogens is 1. The van der Waals surface area contributed by atoms with Crippen LogP contribution >= 0.6 is 0 Å². The summed E-state index contributed by atoms with van der Waals surface area (Å²) in [6.45, 7) is 6.27. The standard InChI is InChI=1S/C25H31N3O3/c1-18-14-23(30-2)24(31-3)15-20(18)17-27-10-12-28(13-11-27)25(29)9-8-19-16-26-22-7-5-4-6-21(19)22/h4-7,14-16,26H,8-13,17H2,1-3H3. The van der Waals surface area contributed by atoms with E-state index in [1.165, 1.54) is 22.1 Å². The van der Waals surface area contributed by atoms with Crippen LogP contribution in [-0.4, -0.2) is 61.1 Å². The first-order chi connectivity index (χ1) is 15.1. The van der Waals surface area contributed by atoms with Gasteiger partial charge in [-0.3, -0.25) is 9.69 Å². The van der Waals surface area contributed by atoms with E-state index >= 15 is 0 Å². The van der Waals surface area contributed by atoms with Gasteiger partial charge in [-0.15, -0.1) is 0 Å². The molecule has 0 radical (unpaired) electrons. The number of carbonyl (C=O) groups excluding carboxylic acids is 1. The number of nitrogens with one attached hydrogen (secondary N) is 1. The van der Waals surface area contributed by atoms with Gasteiger partial charge in [0.05, 0.1) is 14.2 Å². The molecule has 0 unspecified atom stereocenters. The summed E-state index contributed by atoms with van der Waals surface area (Å²) in [5.41, 5.74) is 4.77. The highest BCUT2D eigenvalue weighted by Gasteiger charge is 2.22. The van der Waals surface area contributed by atoms with Crippen LogP contribution in [0, 0.1) is 6.92 Å². The number of para-hydroxylation sites is 1. The molecule has 1 aliphatic heterocycles. The van der Waals surface area contributed by atoms with Gasteiger partial charge < -0.3 is 19.4 Å². The largest absolute Gasteiger partial charge is 0.493 e. The maximum absolute atomic E-state index is 12.8. The lowest BCUT2D eigenvalue weighted by atomic mass is 10.1. The number of rotatable bonds is 7. The maximum Gasteiger partial charge on any atom is 0.222 e. The number of aromatic amines is 1. The lowest BCUT2D eigenvalue weighted by Gasteiger charge is -2.35. The lowest BCUT2D eigenvalue weighted by Crippen LogP contribution is -2.48. The summed E-state index contributed by atoms with van der Waals surface area (Å²) in [4.78, 5) is 20.5. The van der Waals surface area contributed by atoms with E-state index in [9.17, 15) is 4.79 Å². The van der Waals surface area contributed by atoms with Crippen LogP contribution in [0.1, 0.15) is 23.1 Å². The molecule has 0 atom stereocenters. The molecule has 1 amide bonds. The van der Waals surface area contributed by atoms with Gasteiger partial charge in [-0.1, -0.05) is 18.2 Å². The number of ether oxygens (including phenoxy) is 2. The Morgan fingerprint density at radius 2 is 1.71 bits per heavy atom. The molecule has 0 aliphatic carbocycles. The van der Waals surface area contributed by atoms with Crippen molar-refractivity contribution in [1.82, 2.24) is 14.8 Å². The van der Waals surface area contributed by atoms with E-state index in [1.807, 2.05) is 29.3 Å². The third-order valence-electron chi connectivity index (χ3n) is 6.24. The van der Waals surface area contributed by atoms with E-state index in [-0.39, 0.29) is 5.91 Å². The minimum atomic E-state index is 0.243. The van der Waals surface area contributed by atoms with Gasteiger partial charge in [0.2, 0.25) is 5.91 Å². The topological polar surface area (TPSA) is 57.8 Å². The molecule has 164 valence electrons. The Kier molecular flexibility index (Phi) is 6.47. The second-order valence-corrected chi connectivity index (χ2v) is 8.15. The monoisotopic (exact) mass is 421 g/mol. The minimum absolute atomic E-state index is 0.243. The van der Waals surface area contributed by atoms with Crippen molar-refractivity contribution in [2.24, 2.45) is 0 Å². The number of aryl methyl sites for hydroxylation is 2. The molecular formula is C25H31N3O3. The Bertz CT molecular complexity index is 1050. The van der Waals surface area contributed by atoms with Gasteiger partial charge in [0.1, 0.15) is 0 Å². The molecule has 0 saturated carbocycles. The zero-order chi connectivity index (χ0) is 21.8. The Morgan fingerprint density at radius 3 is 2.45 bits per heavy atom. The zero-order valence-electron chi connectivity index (χ0n) is 18.6. The SMILES string of the molecule is COc1cc(C)c(CN2CCN(C(=O)CCc3c[nH]c4ccccc34)CC2)cc1OC. The molecule has 3 aromatic rings. The number of amides is 1. The number of benzene rings is 2. The first kappa shape index (κ1) is 21.2. The molecule has 6 heteroatoms. The van der Waals surface area contributed by atoms with Gasteiger partial charge >= 0.3 is 0 Å². The first-order valence-electron chi connectivity index (χ1n) is 10.9. The average molecular weight is 422 g/mol. The number of H-pyrrole nitrogens is 1. The highest BCUT2D eigenvalue weighted by molar-refractivity contribution is 5.84. The second-order valence-electron chi connectivity index (χ2n) is 8.15. The lowest BCUT2D eigenvalue weighted by molar-refractivity contribution is -0.132. The van der Waals surface area contributed by atoms with E-state index < -0.39 is 0 Å². The predicted molar refractivity (Wildman–Crippen MR) is 123 cm³/mol. The number of carbonyl (C=O) groups is 1. The molecule has 6 nitrogen and oxygen atoms in total. The Hall–Kier alpha value is -2.99. The van der Waals surface area contributed by atoms with Crippen molar-refractivity contribution in [3.05, 3.63) is 59.3 Å². The van der Waals surface area contributed by atoms with Crippen LogP contribution in [0.4, 0.5) is 0 Å². The van der Waals surface area contributed by atoms with E-state index in [4.69, 9.17) is 9.47 Å². The number of methoxy groups -OCH3 is 2. The number of fused-ring (bicyclic) bond motifs is 1. The van der Waals surface area contributed by atoms with Crippen molar-refractivity contribution >= 4 is 16.8 Å². The Balaban J connectivity index is 1.30. The van der Waals surface area contributed by atoms with Gasteiger partial charge in [-0.2, -0.15) is 0 Å². The second kappa shape index (κ2) is 9.43. The third-order valence-corrected chi connectivity index (χ3v) is 6.24. The molecular weight excluding hydrogens is 390 g/mol. The van der Waals surface area contributed by atoms with Gasteiger partial charge in [-0.05, 0) is 48.2 Å². The summed E-state index contributed by atoms with van der Waals surface area (Å²) in [6.07, 6.45) is 3.35. The molecule has 0 bridgehead atoms. The minimum Gasteiger partial charge on any atom is -0.493 e. The van der Waals surface area contributed by atoms with E-state index in [0.717, 1.165) is 56.2 Å². The number of nitrogens with zero attached hydrogens (tertiary/aromatic N) is 2. The summed E-state index contributed by atoms with van der Waals surface area (Å²) in [7, 11) is 3.32. The zero-order valence-corrected chi connectivity index (χ0v) is 18.6. The molecule has 1 aliphatic rings. The van der Waals surface area contributed by atoms with Gasteiger partial charge in [-0.25, -0.2) is 0 Å². The molecule has 1 saturated heterocycles. The van der Waals surface area contributed by atoms with Crippen LogP contribution in [0.5, 0.6) is 11.5 Å². The fourth-order valence-electron chi connectivity index (χ4n) is 4.33. The van der Waals surface area contributed by atoms with Crippen molar-refractivity contribution in [3.63, 3.8) is 0 Å². The average Bonchev–Trinajstić information content (AvgIpc) is 3.22. The molecule has 2 aromatic carbocycles. The first-order valence-corrected chi connectivity index (χ1v) is 10.9. The van der Waals surface area contributed by atoms with E-state index in [2.05, 4.69) is 35.0 Å². The van der Waals surface area contributed by atoms with E-state index in [1.54, 1.807) is 14.2 Å². The smallest absolute Gasteiger partial charge is 0.222 e. The fourth-order valence-corrected chi connectivity index (χ4v) is 4.33. The fraction of sp³-hybridized carbons (Fsp3) is 0.400. The van der Waals surface area contributed by atoms with Crippen LogP contribution in [0.15, 0.2) is 42.6 Å². The maximum atomic E-state index is 12.8. The summed E-state index contributed by atoms with van der Waals surface area (Å²) >= 11 is 0. The number of hydrogen-bond acceptors (Lipinski definition) is 4.